The fraction of sp³-hybridized carbons (Fsp3) is 0.280. The fourth-order valence-corrected chi connectivity index (χ4v) is 3.80. The first kappa shape index (κ1) is 23.7. The zero-order valence-corrected chi connectivity index (χ0v) is 18.8. The molecule has 0 aromatic heterocycles. The minimum absolute atomic E-state index is 0.0278. The van der Waals surface area contributed by atoms with E-state index in [-0.39, 0.29) is 29.2 Å². The number of phenols is 2. The van der Waals surface area contributed by atoms with Crippen LogP contribution in [0.4, 0.5) is 0 Å². The molecule has 174 valence electrons. The van der Waals surface area contributed by atoms with Crippen LogP contribution in [0.25, 0.3) is 5.57 Å². The van der Waals surface area contributed by atoms with E-state index in [1.165, 1.54) is 37.4 Å². The number of carbonyl (C=O) groups is 2. The summed E-state index contributed by atoms with van der Waals surface area (Å²) in [6, 6.07) is 8.85. The minimum Gasteiger partial charge on any atom is -0.508 e. The first-order valence-electron chi connectivity index (χ1n) is 10.2. The van der Waals surface area contributed by atoms with Gasteiger partial charge in [0.05, 0.1) is 19.8 Å². The maximum absolute atomic E-state index is 13.0. The molecule has 0 radical (unpaired) electrons. The van der Waals surface area contributed by atoms with E-state index in [9.17, 15) is 24.9 Å². The number of benzene rings is 2. The molecule has 0 saturated carbocycles. The number of cyclic esters (lactones) is 1. The van der Waals surface area contributed by atoms with Crippen LogP contribution in [0.2, 0.25) is 0 Å². The van der Waals surface area contributed by atoms with Crippen molar-refractivity contribution in [2.24, 2.45) is 0 Å². The summed E-state index contributed by atoms with van der Waals surface area (Å²) in [4.78, 5) is 25.4. The van der Waals surface area contributed by atoms with E-state index >= 15 is 0 Å². The van der Waals surface area contributed by atoms with Gasteiger partial charge >= 0.3 is 11.9 Å². The quantitative estimate of drug-likeness (QED) is 0.429. The molecular weight excluding hydrogens is 428 g/mol. The highest BCUT2D eigenvalue weighted by atomic mass is 16.6. The highest BCUT2D eigenvalue weighted by Crippen LogP contribution is 2.44. The normalized spacial score (nSPS) is 17.5. The van der Waals surface area contributed by atoms with E-state index in [0.717, 1.165) is 12.7 Å². The van der Waals surface area contributed by atoms with E-state index in [4.69, 9.17) is 14.2 Å². The summed E-state index contributed by atoms with van der Waals surface area (Å²) in [6.45, 7) is 3.86. The van der Waals surface area contributed by atoms with Gasteiger partial charge < -0.3 is 29.5 Å². The average Bonchev–Trinajstić information content (AvgIpc) is 3.04. The molecule has 0 bridgehead atoms. The van der Waals surface area contributed by atoms with E-state index in [1.54, 1.807) is 6.07 Å². The highest BCUT2D eigenvalue weighted by molar-refractivity contribution is 6.11. The Balaban J connectivity index is 2.17. The summed E-state index contributed by atoms with van der Waals surface area (Å²) in [6.07, 6.45) is 2.15. The van der Waals surface area contributed by atoms with Gasteiger partial charge in [-0.05, 0) is 49.6 Å². The summed E-state index contributed by atoms with van der Waals surface area (Å²) < 4.78 is 15.7. The lowest BCUT2D eigenvalue weighted by atomic mass is 9.82. The van der Waals surface area contributed by atoms with Gasteiger partial charge in [0.25, 0.3) is 0 Å². The number of hydrogen-bond acceptors (Lipinski definition) is 8. The van der Waals surface area contributed by atoms with Crippen LogP contribution >= 0.6 is 0 Å². The van der Waals surface area contributed by atoms with Crippen molar-refractivity contribution in [1.29, 1.82) is 0 Å². The van der Waals surface area contributed by atoms with Gasteiger partial charge in [-0.25, -0.2) is 9.59 Å². The van der Waals surface area contributed by atoms with E-state index in [0.29, 0.717) is 23.1 Å². The third kappa shape index (κ3) is 4.50. The molecule has 0 unspecified atom stereocenters. The molecule has 1 heterocycles. The van der Waals surface area contributed by atoms with Crippen LogP contribution in [0.1, 0.15) is 30.5 Å². The first-order valence-corrected chi connectivity index (χ1v) is 10.2. The second-order valence-corrected chi connectivity index (χ2v) is 7.95. The molecule has 8 nitrogen and oxygen atoms in total. The number of rotatable bonds is 7. The summed E-state index contributed by atoms with van der Waals surface area (Å²) in [5, 5.41) is 30.7. The van der Waals surface area contributed by atoms with Crippen LogP contribution in [0.15, 0.2) is 53.8 Å². The Labute approximate surface area is 191 Å². The molecule has 3 rings (SSSR count). The number of methoxy groups -OCH3 is 2. The van der Waals surface area contributed by atoms with Gasteiger partial charge in [0.1, 0.15) is 5.75 Å². The maximum atomic E-state index is 13.0. The third-order valence-electron chi connectivity index (χ3n) is 5.39. The number of allylic oxidation sites excluding steroid dienone is 2. The predicted molar refractivity (Wildman–Crippen MR) is 120 cm³/mol. The van der Waals surface area contributed by atoms with Crippen molar-refractivity contribution in [2.75, 3.05) is 14.2 Å². The van der Waals surface area contributed by atoms with Gasteiger partial charge in [0.15, 0.2) is 11.5 Å². The molecule has 1 aliphatic rings. The average molecular weight is 454 g/mol. The number of ether oxygens (including phenoxy) is 3. The number of aliphatic hydroxyl groups is 1. The standard InChI is InChI=1S/C25H26O8/c1-14(2)5-6-17-11-15(12-19(31-3)21(17)27)13-25(24(30)32-4)20(22(28)23(29)33-25)16-7-9-18(26)10-8-16/h5,7-12,26-28H,6,13H2,1-4H3/t25-/m1/s1. The number of phenolic OH excluding ortho intramolecular Hbond substituents is 2. The van der Waals surface area contributed by atoms with Gasteiger partial charge in [0, 0.05) is 12.0 Å². The van der Waals surface area contributed by atoms with Gasteiger partial charge in [-0.2, -0.15) is 0 Å². The number of esters is 2. The monoisotopic (exact) mass is 454 g/mol. The number of aromatic hydroxyl groups is 2. The first-order chi connectivity index (χ1) is 15.6. The van der Waals surface area contributed by atoms with Crippen molar-refractivity contribution < 1.29 is 39.1 Å². The molecular formula is C25H26O8. The van der Waals surface area contributed by atoms with Gasteiger partial charge in [-0.15, -0.1) is 0 Å². The van der Waals surface area contributed by atoms with Crippen molar-refractivity contribution in [1.82, 2.24) is 0 Å². The smallest absolute Gasteiger partial charge is 0.375 e. The Morgan fingerprint density at radius 3 is 2.33 bits per heavy atom. The molecule has 33 heavy (non-hydrogen) atoms. The highest BCUT2D eigenvalue weighted by Gasteiger charge is 2.55. The molecule has 0 aliphatic carbocycles. The summed E-state index contributed by atoms with van der Waals surface area (Å²) >= 11 is 0. The molecule has 1 aliphatic heterocycles. The molecule has 3 N–H and O–H groups in total. The number of hydrogen-bond donors (Lipinski definition) is 3. The van der Waals surface area contributed by atoms with Crippen LogP contribution in [0.3, 0.4) is 0 Å². The van der Waals surface area contributed by atoms with Crippen LogP contribution in [-0.4, -0.2) is 47.1 Å². The largest absolute Gasteiger partial charge is 0.508 e. The summed E-state index contributed by atoms with van der Waals surface area (Å²) in [5.41, 5.74) is 0.356. The number of carbonyl (C=O) groups excluding carboxylic acids is 2. The van der Waals surface area contributed by atoms with Gasteiger partial charge in [-0.1, -0.05) is 29.8 Å². The maximum Gasteiger partial charge on any atom is 0.375 e. The lowest BCUT2D eigenvalue weighted by molar-refractivity contribution is -0.169. The summed E-state index contributed by atoms with van der Waals surface area (Å²) in [5.74, 6) is -2.55. The Morgan fingerprint density at radius 1 is 1.09 bits per heavy atom. The molecule has 0 amide bonds. The van der Waals surface area contributed by atoms with E-state index in [2.05, 4.69) is 0 Å². The van der Waals surface area contributed by atoms with Gasteiger partial charge in [0.2, 0.25) is 11.4 Å². The van der Waals surface area contributed by atoms with Crippen molar-refractivity contribution in [3.8, 4) is 17.2 Å². The van der Waals surface area contributed by atoms with Crippen LogP contribution in [-0.2, 0) is 31.9 Å². The Kier molecular flexibility index (Phi) is 6.67. The van der Waals surface area contributed by atoms with Crippen LogP contribution in [0.5, 0.6) is 17.2 Å². The van der Waals surface area contributed by atoms with Crippen LogP contribution in [0, 0.1) is 0 Å². The Morgan fingerprint density at radius 2 is 1.76 bits per heavy atom. The molecule has 0 fully saturated rings. The zero-order chi connectivity index (χ0) is 24.3. The minimum atomic E-state index is -1.98. The lowest BCUT2D eigenvalue weighted by Crippen LogP contribution is -2.44. The summed E-state index contributed by atoms with van der Waals surface area (Å²) in [7, 11) is 2.56. The molecule has 0 saturated heterocycles. The molecule has 2 aromatic carbocycles. The molecule has 2 aromatic rings. The molecule has 1 atom stereocenters. The Hall–Kier alpha value is -3.94. The molecule has 0 spiro atoms. The van der Waals surface area contributed by atoms with E-state index < -0.39 is 23.3 Å². The Bertz CT molecular complexity index is 1140. The third-order valence-corrected chi connectivity index (χ3v) is 5.39. The number of aliphatic hydroxyl groups excluding tert-OH is 1. The topological polar surface area (TPSA) is 123 Å². The second-order valence-electron chi connectivity index (χ2n) is 7.95. The van der Waals surface area contributed by atoms with Gasteiger partial charge in [-0.3, -0.25) is 0 Å². The lowest BCUT2D eigenvalue weighted by Gasteiger charge is -2.28. The van der Waals surface area contributed by atoms with Crippen LogP contribution < -0.4 is 4.74 Å². The van der Waals surface area contributed by atoms with Crippen molar-refractivity contribution in [3.05, 3.63) is 70.5 Å². The van der Waals surface area contributed by atoms with Crippen molar-refractivity contribution >= 4 is 17.5 Å². The molecule has 8 heteroatoms. The predicted octanol–water partition coefficient (Wildman–Crippen LogP) is 3.60. The zero-order valence-electron chi connectivity index (χ0n) is 18.8. The van der Waals surface area contributed by atoms with Crippen molar-refractivity contribution in [2.45, 2.75) is 32.3 Å². The fourth-order valence-electron chi connectivity index (χ4n) is 3.80. The second kappa shape index (κ2) is 9.28. The SMILES string of the molecule is COC(=O)[C@]1(Cc2cc(CC=C(C)C)c(O)c(OC)c2)OC(=O)C(O)=C1c1ccc(O)cc1. The van der Waals surface area contributed by atoms with E-state index in [1.807, 2.05) is 19.9 Å². The van der Waals surface area contributed by atoms with Crippen molar-refractivity contribution in [3.63, 3.8) is 0 Å².